The Morgan fingerprint density at radius 3 is 2.44 bits per heavy atom. The van der Waals surface area contributed by atoms with E-state index in [9.17, 15) is 0 Å². The van der Waals surface area contributed by atoms with E-state index in [1.54, 1.807) is 0 Å². The van der Waals surface area contributed by atoms with E-state index in [0.29, 0.717) is 10.0 Å². The summed E-state index contributed by atoms with van der Waals surface area (Å²) in [4.78, 5) is 0.403. The van der Waals surface area contributed by atoms with Crippen LogP contribution in [0.5, 0.6) is 0 Å². The standard InChI is InChI=1S/C14H13ClN2S/c1-9-2-5-11(15)8-13(9)17-12-6-3-10(4-7-12)14(16)18/h2-8,17H,1H3,(H2,16,18). The molecule has 0 atom stereocenters. The van der Waals surface area contributed by atoms with Crippen molar-refractivity contribution in [3.05, 3.63) is 58.6 Å². The lowest BCUT2D eigenvalue weighted by Gasteiger charge is -2.10. The smallest absolute Gasteiger partial charge is 0.103 e. The Bertz CT molecular complexity index is 579. The second-order valence-electron chi connectivity index (χ2n) is 4.03. The molecule has 3 N–H and O–H groups in total. The number of hydrogen-bond acceptors (Lipinski definition) is 2. The lowest BCUT2D eigenvalue weighted by atomic mass is 10.1. The molecule has 0 spiro atoms. The summed E-state index contributed by atoms with van der Waals surface area (Å²) in [6, 6.07) is 13.4. The van der Waals surface area contributed by atoms with Crippen LogP contribution in [0, 0.1) is 6.92 Å². The Labute approximate surface area is 117 Å². The van der Waals surface area contributed by atoms with Crippen LogP contribution in [0.1, 0.15) is 11.1 Å². The molecule has 2 aromatic carbocycles. The van der Waals surface area contributed by atoms with Gasteiger partial charge in [0.25, 0.3) is 0 Å². The van der Waals surface area contributed by atoms with Gasteiger partial charge in [0.2, 0.25) is 0 Å². The van der Waals surface area contributed by atoms with Crippen molar-refractivity contribution < 1.29 is 0 Å². The first-order chi connectivity index (χ1) is 8.56. The van der Waals surface area contributed by atoms with Crippen molar-refractivity contribution in [2.45, 2.75) is 6.92 Å². The maximum atomic E-state index is 5.98. The van der Waals surface area contributed by atoms with Gasteiger partial charge in [0.05, 0.1) is 0 Å². The second kappa shape index (κ2) is 5.38. The summed E-state index contributed by atoms with van der Waals surface area (Å²) in [5, 5.41) is 4.02. The van der Waals surface area contributed by atoms with Gasteiger partial charge in [-0.25, -0.2) is 0 Å². The number of anilines is 2. The average Bonchev–Trinajstić information content (AvgIpc) is 2.34. The van der Waals surface area contributed by atoms with Gasteiger partial charge in [0, 0.05) is 22.0 Å². The number of thiocarbonyl (C=S) groups is 1. The van der Waals surface area contributed by atoms with Gasteiger partial charge in [-0.3, -0.25) is 0 Å². The summed E-state index contributed by atoms with van der Waals surface area (Å²) in [6.45, 7) is 2.03. The Morgan fingerprint density at radius 2 is 1.83 bits per heavy atom. The predicted molar refractivity (Wildman–Crippen MR) is 81.8 cm³/mol. The van der Waals surface area contributed by atoms with Crippen LogP contribution in [0.3, 0.4) is 0 Å². The molecule has 0 saturated carbocycles. The zero-order valence-corrected chi connectivity index (χ0v) is 11.5. The van der Waals surface area contributed by atoms with Gasteiger partial charge in [-0.1, -0.05) is 29.9 Å². The van der Waals surface area contributed by atoms with Crippen LogP contribution in [0.15, 0.2) is 42.5 Å². The molecule has 0 saturated heterocycles. The highest BCUT2D eigenvalue weighted by Gasteiger charge is 2.01. The molecule has 0 amide bonds. The minimum Gasteiger partial charge on any atom is -0.389 e. The van der Waals surface area contributed by atoms with Gasteiger partial charge >= 0.3 is 0 Å². The van der Waals surface area contributed by atoms with E-state index in [2.05, 4.69) is 5.32 Å². The molecule has 92 valence electrons. The van der Waals surface area contributed by atoms with E-state index in [1.165, 1.54) is 0 Å². The average molecular weight is 277 g/mol. The van der Waals surface area contributed by atoms with Gasteiger partial charge in [-0.05, 0) is 48.9 Å². The molecule has 0 unspecified atom stereocenters. The van der Waals surface area contributed by atoms with Crippen LogP contribution in [0.4, 0.5) is 11.4 Å². The first-order valence-electron chi connectivity index (χ1n) is 5.49. The lowest BCUT2D eigenvalue weighted by molar-refractivity contribution is 1.43. The zero-order valence-electron chi connectivity index (χ0n) is 9.91. The second-order valence-corrected chi connectivity index (χ2v) is 4.90. The van der Waals surface area contributed by atoms with Crippen molar-refractivity contribution in [3.8, 4) is 0 Å². The number of halogens is 1. The van der Waals surface area contributed by atoms with Crippen LogP contribution >= 0.6 is 23.8 Å². The zero-order chi connectivity index (χ0) is 13.1. The summed E-state index contributed by atoms with van der Waals surface area (Å²) in [6.07, 6.45) is 0. The quantitative estimate of drug-likeness (QED) is 0.832. The van der Waals surface area contributed by atoms with E-state index in [0.717, 1.165) is 22.5 Å². The molecule has 0 aromatic heterocycles. The topological polar surface area (TPSA) is 38.0 Å². The van der Waals surface area contributed by atoms with Gasteiger partial charge in [-0.2, -0.15) is 0 Å². The molecular formula is C14H13ClN2S. The maximum absolute atomic E-state index is 5.98. The third-order valence-corrected chi connectivity index (χ3v) is 3.12. The minimum atomic E-state index is 0.403. The molecule has 0 aliphatic rings. The fourth-order valence-electron chi connectivity index (χ4n) is 1.60. The number of rotatable bonds is 3. The van der Waals surface area contributed by atoms with Gasteiger partial charge in [-0.15, -0.1) is 0 Å². The van der Waals surface area contributed by atoms with Crippen LogP contribution in [-0.2, 0) is 0 Å². The normalized spacial score (nSPS) is 10.1. The number of nitrogens with one attached hydrogen (secondary N) is 1. The fraction of sp³-hybridized carbons (Fsp3) is 0.0714. The molecule has 4 heteroatoms. The van der Waals surface area contributed by atoms with E-state index in [-0.39, 0.29) is 0 Å². The number of nitrogens with two attached hydrogens (primary N) is 1. The summed E-state index contributed by atoms with van der Waals surface area (Å²) >= 11 is 10.9. The van der Waals surface area contributed by atoms with Gasteiger partial charge in [0.1, 0.15) is 4.99 Å². The predicted octanol–water partition coefficient (Wildman–Crippen LogP) is 4.03. The Hall–Kier alpha value is -1.58. The van der Waals surface area contributed by atoms with E-state index in [4.69, 9.17) is 29.6 Å². The molecular weight excluding hydrogens is 264 g/mol. The van der Waals surface area contributed by atoms with Crippen LogP contribution in [0.25, 0.3) is 0 Å². The molecule has 2 nitrogen and oxygen atoms in total. The van der Waals surface area contributed by atoms with Gasteiger partial charge < -0.3 is 11.1 Å². The first-order valence-corrected chi connectivity index (χ1v) is 6.28. The molecule has 2 aromatic rings. The van der Waals surface area contributed by atoms with Crippen LogP contribution in [-0.4, -0.2) is 4.99 Å². The maximum Gasteiger partial charge on any atom is 0.103 e. The first kappa shape index (κ1) is 12.9. The van der Waals surface area contributed by atoms with Crippen molar-refractivity contribution >= 4 is 40.2 Å². The molecule has 0 aliphatic heterocycles. The molecule has 0 bridgehead atoms. The Kier molecular flexibility index (Phi) is 3.84. The SMILES string of the molecule is Cc1ccc(Cl)cc1Nc1ccc(C(N)=S)cc1. The Morgan fingerprint density at radius 1 is 1.17 bits per heavy atom. The van der Waals surface area contributed by atoms with Crippen molar-refractivity contribution in [2.24, 2.45) is 5.73 Å². The molecule has 18 heavy (non-hydrogen) atoms. The van der Waals surface area contributed by atoms with Crippen LogP contribution in [0.2, 0.25) is 5.02 Å². The van der Waals surface area contributed by atoms with Crippen LogP contribution < -0.4 is 11.1 Å². The summed E-state index contributed by atoms with van der Waals surface area (Å²) in [5.74, 6) is 0. The van der Waals surface area contributed by atoms with Crippen molar-refractivity contribution in [1.82, 2.24) is 0 Å². The van der Waals surface area contributed by atoms with Crippen molar-refractivity contribution in [3.63, 3.8) is 0 Å². The summed E-state index contributed by atoms with van der Waals surface area (Å²) in [5.41, 5.74) is 9.51. The van der Waals surface area contributed by atoms with E-state index < -0.39 is 0 Å². The minimum absolute atomic E-state index is 0.403. The number of hydrogen-bond donors (Lipinski definition) is 2. The van der Waals surface area contributed by atoms with Crippen molar-refractivity contribution in [2.75, 3.05) is 5.32 Å². The highest BCUT2D eigenvalue weighted by atomic mass is 35.5. The third kappa shape index (κ3) is 3.00. The molecule has 0 radical (unpaired) electrons. The molecule has 0 fully saturated rings. The van der Waals surface area contributed by atoms with E-state index in [1.807, 2.05) is 49.4 Å². The highest BCUT2D eigenvalue weighted by Crippen LogP contribution is 2.24. The highest BCUT2D eigenvalue weighted by molar-refractivity contribution is 7.80. The lowest BCUT2D eigenvalue weighted by Crippen LogP contribution is -2.08. The number of aryl methyl sites for hydroxylation is 1. The fourth-order valence-corrected chi connectivity index (χ4v) is 1.91. The van der Waals surface area contributed by atoms with Gasteiger partial charge in [0.15, 0.2) is 0 Å². The molecule has 0 heterocycles. The summed E-state index contributed by atoms with van der Waals surface area (Å²) < 4.78 is 0. The molecule has 0 aliphatic carbocycles. The largest absolute Gasteiger partial charge is 0.389 e. The third-order valence-electron chi connectivity index (χ3n) is 2.65. The van der Waals surface area contributed by atoms with Crippen molar-refractivity contribution in [1.29, 1.82) is 0 Å². The van der Waals surface area contributed by atoms with E-state index >= 15 is 0 Å². The Balaban J connectivity index is 2.23. The molecule has 2 rings (SSSR count). The monoisotopic (exact) mass is 276 g/mol. The summed E-state index contributed by atoms with van der Waals surface area (Å²) in [7, 11) is 0. The number of benzene rings is 2.